The number of hydrogen-bond acceptors (Lipinski definition) is 2. The Balaban J connectivity index is 0.000000284. The molecule has 0 aromatic carbocycles. The van der Waals surface area contributed by atoms with E-state index in [1.807, 2.05) is 0 Å². The number of nitrogens with one attached hydrogen (secondary N) is 2. The quantitative estimate of drug-likeness (QED) is 0.445. The van der Waals surface area contributed by atoms with Gasteiger partial charge in [0.1, 0.15) is 0 Å². The van der Waals surface area contributed by atoms with Gasteiger partial charge >= 0.3 is 16.5 Å². The molecular formula is C10H12N2NiO2S2+5. The van der Waals surface area contributed by atoms with Crippen LogP contribution >= 0.6 is 24.4 Å². The van der Waals surface area contributed by atoms with Crippen LogP contribution < -0.4 is 0 Å². The predicted octanol–water partition coefficient (Wildman–Crippen LogP) is 2.36. The van der Waals surface area contributed by atoms with Crippen molar-refractivity contribution in [3.05, 3.63) is 45.9 Å². The first-order chi connectivity index (χ1) is 7.61. The Morgan fingerprint density at radius 2 is 1.18 bits per heavy atom. The first kappa shape index (κ1) is 15.8. The summed E-state index contributed by atoms with van der Waals surface area (Å²) < 4.78 is 0.986. The molecule has 91 valence electrons. The molecule has 0 fully saturated rings. The Hall–Kier alpha value is -1.17. The molecule has 2 heterocycles. The molecule has 0 unspecified atom stereocenters. The molecule has 0 saturated heterocycles. The van der Waals surface area contributed by atoms with Gasteiger partial charge < -0.3 is 20.2 Å². The maximum Gasteiger partial charge on any atom is 3.00 e. The SMILES string of the molecule is [Ni+3].[OH2+]c1ccc[nH]c1=S.[OH2+]c1ccc[nH]c1=S. The van der Waals surface area contributed by atoms with E-state index in [1.54, 1.807) is 36.7 Å². The van der Waals surface area contributed by atoms with Crippen LogP contribution in [0.1, 0.15) is 0 Å². The van der Waals surface area contributed by atoms with Gasteiger partial charge in [0, 0.05) is 24.5 Å². The van der Waals surface area contributed by atoms with Gasteiger partial charge in [-0.25, -0.2) is 0 Å². The molecule has 6 N–H and O–H groups in total. The largest absolute Gasteiger partial charge is 3.00 e. The van der Waals surface area contributed by atoms with Gasteiger partial charge in [-0.1, -0.05) is 24.4 Å². The molecule has 0 aliphatic heterocycles. The molecule has 2 rings (SSSR count). The smallest absolute Gasteiger partial charge is 0.591 e. The molecular weight excluding hydrogens is 303 g/mol. The topological polar surface area (TPSA) is 77.4 Å². The van der Waals surface area contributed by atoms with E-state index in [-0.39, 0.29) is 16.5 Å². The zero-order valence-electron chi connectivity index (χ0n) is 8.60. The number of hydrogen-bond donors (Lipinski definition) is 2. The standard InChI is InChI=1S/2C5H5NOS.Ni/c2*7-4-2-1-3-6-5(4)8;/h2*1-3,7H,(H,6,8);/q;;+3/p+2. The minimum absolute atomic E-state index is 0. The second-order valence-electron chi connectivity index (χ2n) is 2.83. The predicted molar refractivity (Wildman–Crippen MR) is 69.4 cm³/mol. The van der Waals surface area contributed by atoms with Crippen LogP contribution in [-0.2, 0) is 16.5 Å². The summed E-state index contributed by atoms with van der Waals surface area (Å²) in [4.78, 5) is 5.45. The van der Waals surface area contributed by atoms with E-state index in [4.69, 9.17) is 34.6 Å². The van der Waals surface area contributed by atoms with Gasteiger partial charge in [-0.3, -0.25) is 0 Å². The molecule has 2 aromatic rings. The fourth-order valence-corrected chi connectivity index (χ4v) is 1.12. The zero-order valence-corrected chi connectivity index (χ0v) is 11.2. The van der Waals surface area contributed by atoms with Gasteiger partial charge in [0.05, 0.1) is 0 Å². The molecule has 0 amide bonds. The van der Waals surface area contributed by atoms with Gasteiger partial charge in [0.2, 0.25) is 0 Å². The summed E-state index contributed by atoms with van der Waals surface area (Å²) in [6.45, 7) is 0. The normalized spacial score (nSPS) is 8.47. The van der Waals surface area contributed by atoms with Crippen molar-refractivity contribution in [3.8, 4) is 11.5 Å². The minimum atomic E-state index is 0. The molecule has 4 nitrogen and oxygen atoms in total. The van der Waals surface area contributed by atoms with Crippen LogP contribution in [-0.4, -0.2) is 20.2 Å². The van der Waals surface area contributed by atoms with Crippen LogP contribution in [0.25, 0.3) is 0 Å². The van der Waals surface area contributed by atoms with Crippen LogP contribution in [0.4, 0.5) is 0 Å². The Morgan fingerprint density at radius 3 is 1.35 bits per heavy atom. The second kappa shape index (κ2) is 8.00. The summed E-state index contributed by atoms with van der Waals surface area (Å²) >= 11 is 9.42. The molecule has 0 aliphatic rings. The Kier molecular flexibility index (Phi) is 7.45. The maximum atomic E-state index is 7.08. The number of pyridine rings is 2. The van der Waals surface area contributed by atoms with E-state index in [0.717, 1.165) is 0 Å². The summed E-state index contributed by atoms with van der Waals surface area (Å²) in [6.07, 6.45) is 3.42. The van der Waals surface area contributed by atoms with Crippen molar-refractivity contribution in [3.63, 3.8) is 0 Å². The van der Waals surface area contributed by atoms with E-state index in [1.165, 1.54) is 0 Å². The third kappa shape index (κ3) is 5.63. The first-order valence-electron chi connectivity index (χ1n) is 4.40. The average molecular weight is 315 g/mol. The minimum Gasteiger partial charge on any atom is -0.591 e. The van der Waals surface area contributed by atoms with E-state index >= 15 is 0 Å². The molecule has 0 saturated carbocycles. The van der Waals surface area contributed by atoms with Gasteiger partial charge in [-0.2, -0.15) is 0 Å². The third-order valence-electron chi connectivity index (χ3n) is 1.64. The van der Waals surface area contributed by atoms with Crippen molar-refractivity contribution in [1.82, 2.24) is 9.97 Å². The van der Waals surface area contributed by atoms with Crippen LogP contribution in [0.3, 0.4) is 0 Å². The van der Waals surface area contributed by atoms with Crippen LogP contribution in [0.15, 0.2) is 36.7 Å². The monoisotopic (exact) mass is 314 g/mol. The van der Waals surface area contributed by atoms with Crippen LogP contribution in [0.5, 0.6) is 11.5 Å². The van der Waals surface area contributed by atoms with E-state index in [2.05, 4.69) is 9.97 Å². The fourth-order valence-electron chi connectivity index (χ4n) is 0.843. The van der Waals surface area contributed by atoms with Gasteiger partial charge in [-0.05, 0) is 12.1 Å². The van der Waals surface area contributed by atoms with Gasteiger partial charge in [0.25, 0.3) is 11.5 Å². The van der Waals surface area contributed by atoms with Crippen molar-refractivity contribution in [1.29, 1.82) is 0 Å². The molecule has 0 atom stereocenters. The summed E-state index contributed by atoms with van der Waals surface area (Å²) in [5.74, 6) is 0.755. The van der Waals surface area contributed by atoms with Crippen molar-refractivity contribution < 1.29 is 26.7 Å². The Morgan fingerprint density at radius 1 is 0.824 bits per heavy atom. The van der Waals surface area contributed by atoms with Crippen molar-refractivity contribution in [2.45, 2.75) is 0 Å². The van der Waals surface area contributed by atoms with Crippen molar-refractivity contribution in [2.75, 3.05) is 0 Å². The molecule has 17 heavy (non-hydrogen) atoms. The molecule has 0 aliphatic carbocycles. The van der Waals surface area contributed by atoms with Crippen LogP contribution in [0, 0.1) is 9.28 Å². The number of aromatic nitrogens is 2. The molecule has 0 bridgehead atoms. The van der Waals surface area contributed by atoms with E-state index < -0.39 is 0 Å². The summed E-state index contributed by atoms with van der Waals surface area (Å²) in [5.41, 5.74) is 0. The Labute approximate surface area is 118 Å². The summed E-state index contributed by atoms with van der Waals surface area (Å²) in [5, 5.41) is 14.2. The van der Waals surface area contributed by atoms with E-state index in [9.17, 15) is 0 Å². The zero-order chi connectivity index (χ0) is 12.0. The number of rotatable bonds is 0. The van der Waals surface area contributed by atoms with Crippen molar-refractivity contribution >= 4 is 24.4 Å². The first-order valence-corrected chi connectivity index (χ1v) is 5.21. The Bertz CT molecular complexity index is 517. The molecule has 2 aromatic heterocycles. The summed E-state index contributed by atoms with van der Waals surface area (Å²) in [6, 6.07) is 6.80. The number of aromatic amines is 2. The fraction of sp³-hybridized carbons (Fsp3) is 0. The molecule has 1 radical (unpaired) electrons. The van der Waals surface area contributed by atoms with E-state index in [0.29, 0.717) is 20.8 Å². The van der Waals surface area contributed by atoms with Crippen LogP contribution in [0.2, 0.25) is 0 Å². The van der Waals surface area contributed by atoms with Gasteiger partial charge in [-0.15, -0.1) is 0 Å². The third-order valence-corrected chi connectivity index (χ3v) is 2.31. The molecule has 0 spiro atoms. The number of H-pyrrole nitrogens is 2. The van der Waals surface area contributed by atoms with Crippen molar-refractivity contribution in [2.24, 2.45) is 0 Å². The second-order valence-corrected chi connectivity index (χ2v) is 3.64. The maximum absolute atomic E-state index is 7.08. The summed E-state index contributed by atoms with van der Waals surface area (Å²) in [7, 11) is 0. The van der Waals surface area contributed by atoms with Gasteiger partial charge in [0.15, 0.2) is 9.28 Å². The molecule has 7 heteroatoms. The average Bonchev–Trinajstić information content (AvgIpc) is 2.28.